The second-order valence-corrected chi connectivity index (χ2v) is 11.6. The van der Waals surface area contributed by atoms with E-state index in [9.17, 15) is 0 Å². The number of hydrogen-bond acceptors (Lipinski definition) is 2. The number of aromatic nitrogens is 3. The van der Waals surface area contributed by atoms with E-state index >= 15 is 0 Å². The smallest absolute Gasteiger partial charge is 0.143 e. The van der Waals surface area contributed by atoms with E-state index in [0.717, 1.165) is 66.6 Å². The molecule has 0 amide bonds. The third-order valence-electron chi connectivity index (χ3n) is 9.19. The van der Waals surface area contributed by atoms with Gasteiger partial charge in [0.1, 0.15) is 17.0 Å². The van der Waals surface area contributed by atoms with Crippen molar-refractivity contribution in [1.82, 2.24) is 14.1 Å². The molecule has 6 aromatic carbocycles. The first kappa shape index (κ1) is 24.3. The Morgan fingerprint density at radius 3 is 1.76 bits per heavy atom. The van der Waals surface area contributed by atoms with Crippen LogP contribution in [-0.4, -0.2) is 14.1 Å². The topological polar surface area (TPSA) is 35.9 Å². The molecule has 0 fully saturated rings. The molecule has 0 N–H and O–H groups in total. The van der Waals surface area contributed by atoms with Crippen LogP contribution in [0.3, 0.4) is 0 Å². The lowest BCUT2D eigenvalue weighted by atomic mass is 10.0. The molecule has 0 bridgehead atoms. The molecule has 0 saturated heterocycles. The number of hydrogen-bond donors (Lipinski definition) is 0. The lowest BCUT2D eigenvalue weighted by Gasteiger charge is -2.11. The first-order chi connectivity index (χ1) is 22.3. The van der Waals surface area contributed by atoms with Gasteiger partial charge in [0.05, 0.1) is 34.0 Å². The van der Waals surface area contributed by atoms with Crippen LogP contribution in [0.25, 0.3) is 88.2 Å². The van der Waals surface area contributed by atoms with E-state index in [1.165, 1.54) is 21.5 Å². The maximum absolute atomic E-state index is 6.39. The molecule has 210 valence electrons. The highest BCUT2D eigenvalue weighted by atomic mass is 16.3. The van der Waals surface area contributed by atoms with Crippen molar-refractivity contribution in [3.8, 4) is 22.6 Å². The lowest BCUT2D eigenvalue weighted by molar-refractivity contribution is 0.670. The molecule has 0 spiro atoms. The van der Waals surface area contributed by atoms with Gasteiger partial charge in [-0.1, -0.05) is 97.1 Å². The summed E-state index contributed by atoms with van der Waals surface area (Å²) in [5.74, 6) is 0.901. The number of fused-ring (bicyclic) bond motifs is 9. The Morgan fingerprint density at radius 2 is 1.04 bits per heavy atom. The van der Waals surface area contributed by atoms with Gasteiger partial charge in [-0.2, -0.15) is 0 Å². The number of rotatable bonds is 3. The van der Waals surface area contributed by atoms with Gasteiger partial charge in [0.2, 0.25) is 0 Å². The number of para-hydroxylation sites is 5. The zero-order chi connectivity index (χ0) is 29.5. The minimum absolute atomic E-state index is 0.901. The zero-order valence-corrected chi connectivity index (χ0v) is 24.2. The van der Waals surface area contributed by atoms with Crippen LogP contribution < -0.4 is 0 Å². The standard InChI is InChI=1S/C41H25N3O/c1-6-17-36-29(10-1)30-11-2-7-18-37(30)44(36)40-23-21-27(25-42-40)43-35-16-5-3-12-31(35)34-24-26(20-22-38(34)43)28-14-9-15-33-32-13-4-8-19-39(32)45-41(28)33/h1-25H. The molecule has 0 aliphatic carbocycles. The van der Waals surface area contributed by atoms with Crippen molar-refractivity contribution >= 4 is 65.6 Å². The second kappa shape index (κ2) is 9.18. The fourth-order valence-corrected chi connectivity index (χ4v) is 7.21. The van der Waals surface area contributed by atoms with Crippen LogP contribution in [0.1, 0.15) is 0 Å². The summed E-state index contributed by atoms with van der Waals surface area (Å²) in [4.78, 5) is 5.04. The summed E-state index contributed by atoms with van der Waals surface area (Å²) >= 11 is 0. The van der Waals surface area contributed by atoms with Gasteiger partial charge in [-0.15, -0.1) is 0 Å². The van der Waals surface area contributed by atoms with Crippen LogP contribution in [-0.2, 0) is 0 Å². The van der Waals surface area contributed by atoms with Crippen molar-refractivity contribution in [2.45, 2.75) is 0 Å². The average Bonchev–Trinajstić information content (AvgIpc) is 3.76. The second-order valence-electron chi connectivity index (χ2n) is 11.6. The molecule has 4 heteroatoms. The van der Waals surface area contributed by atoms with Gasteiger partial charge in [0, 0.05) is 37.9 Å². The quantitative estimate of drug-likeness (QED) is 0.210. The highest BCUT2D eigenvalue weighted by Crippen LogP contribution is 2.39. The van der Waals surface area contributed by atoms with E-state index in [4.69, 9.17) is 9.40 Å². The molecule has 0 atom stereocenters. The molecule has 45 heavy (non-hydrogen) atoms. The fraction of sp³-hybridized carbons (Fsp3) is 0. The summed E-state index contributed by atoms with van der Waals surface area (Å²) in [6.45, 7) is 0. The molecule has 10 rings (SSSR count). The highest BCUT2D eigenvalue weighted by Gasteiger charge is 2.17. The Bertz CT molecular complexity index is 2710. The minimum atomic E-state index is 0.901. The first-order valence-corrected chi connectivity index (χ1v) is 15.2. The molecular formula is C41H25N3O. The van der Waals surface area contributed by atoms with Crippen LogP contribution in [0.15, 0.2) is 156 Å². The van der Waals surface area contributed by atoms with Gasteiger partial charge in [-0.3, -0.25) is 4.57 Å². The van der Waals surface area contributed by atoms with Gasteiger partial charge < -0.3 is 8.98 Å². The van der Waals surface area contributed by atoms with E-state index in [-0.39, 0.29) is 0 Å². The Balaban J connectivity index is 1.15. The van der Waals surface area contributed by atoms with Gasteiger partial charge in [-0.05, 0) is 54.1 Å². The van der Waals surface area contributed by atoms with Crippen molar-refractivity contribution in [2.24, 2.45) is 0 Å². The van der Waals surface area contributed by atoms with Gasteiger partial charge in [0.25, 0.3) is 0 Å². The molecule has 10 aromatic rings. The summed E-state index contributed by atoms with van der Waals surface area (Å²) < 4.78 is 11.0. The van der Waals surface area contributed by atoms with Gasteiger partial charge in [-0.25, -0.2) is 4.98 Å². The predicted molar refractivity (Wildman–Crippen MR) is 186 cm³/mol. The minimum Gasteiger partial charge on any atom is -0.455 e. The Hall–Kier alpha value is -6.13. The summed E-state index contributed by atoms with van der Waals surface area (Å²) in [6.07, 6.45) is 1.99. The summed E-state index contributed by atoms with van der Waals surface area (Å²) in [5.41, 5.74) is 9.69. The van der Waals surface area contributed by atoms with Crippen LogP contribution >= 0.6 is 0 Å². The van der Waals surface area contributed by atoms with E-state index < -0.39 is 0 Å². The Kier molecular flexibility index (Phi) is 4.96. The fourth-order valence-electron chi connectivity index (χ4n) is 7.21. The summed E-state index contributed by atoms with van der Waals surface area (Å²) in [6, 6.07) is 51.4. The number of pyridine rings is 1. The van der Waals surface area contributed by atoms with E-state index in [0.29, 0.717) is 0 Å². The van der Waals surface area contributed by atoms with Gasteiger partial charge >= 0.3 is 0 Å². The molecule has 0 radical (unpaired) electrons. The zero-order valence-electron chi connectivity index (χ0n) is 24.2. The summed E-state index contributed by atoms with van der Waals surface area (Å²) in [5, 5.41) is 7.15. The molecule has 4 heterocycles. The monoisotopic (exact) mass is 575 g/mol. The maximum atomic E-state index is 6.39. The lowest BCUT2D eigenvalue weighted by Crippen LogP contribution is -2.00. The van der Waals surface area contributed by atoms with Crippen LogP contribution in [0.2, 0.25) is 0 Å². The summed E-state index contributed by atoms with van der Waals surface area (Å²) in [7, 11) is 0. The third kappa shape index (κ3) is 3.45. The molecule has 0 aliphatic heterocycles. The van der Waals surface area contributed by atoms with Crippen molar-refractivity contribution in [3.63, 3.8) is 0 Å². The molecule has 4 aromatic heterocycles. The SMILES string of the molecule is c1ccc2c(c1)oc1c(-c3ccc4c(c3)c3ccccc3n4-c3ccc(-n4c5ccccc5c5ccccc54)nc3)cccc12. The Morgan fingerprint density at radius 1 is 0.444 bits per heavy atom. The first-order valence-electron chi connectivity index (χ1n) is 15.2. The normalized spacial score (nSPS) is 12.0. The molecule has 0 saturated carbocycles. The number of furan rings is 1. The van der Waals surface area contributed by atoms with E-state index in [2.05, 4.69) is 143 Å². The van der Waals surface area contributed by atoms with Crippen molar-refractivity contribution in [1.29, 1.82) is 0 Å². The van der Waals surface area contributed by atoms with Crippen LogP contribution in [0, 0.1) is 0 Å². The van der Waals surface area contributed by atoms with Crippen LogP contribution in [0.4, 0.5) is 0 Å². The predicted octanol–water partition coefficient (Wildman–Crippen LogP) is 10.8. The molecule has 0 aliphatic rings. The van der Waals surface area contributed by atoms with E-state index in [1.54, 1.807) is 0 Å². The Labute approximate surface area is 258 Å². The number of nitrogens with zero attached hydrogens (tertiary/aromatic N) is 3. The largest absolute Gasteiger partial charge is 0.455 e. The van der Waals surface area contributed by atoms with Crippen LogP contribution in [0.5, 0.6) is 0 Å². The van der Waals surface area contributed by atoms with Crippen molar-refractivity contribution in [3.05, 3.63) is 152 Å². The number of benzene rings is 6. The highest BCUT2D eigenvalue weighted by molar-refractivity contribution is 6.13. The van der Waals surface area contributed by atoms with Gasteiger partial charge in [0.15, 0.2) is 0 Å². The average molecular weight is 576 g/mol. The maximum Gasteiger partial charge on any atom is 0.143 e. The molecule has 0 unspecified atom stereocenters. The van der Waals surface area contributed by atoms with E-state index in [1.807, 2.05) is 18.3 Å². The van der Waals surface area contributed by atoms with Crippen molar-refractivity contribution < 1.29 is 4.42 Å². The molecule has 4 nitrogen and oxygen atoms in total. The third-order valence-corrected chi connectivity index (χ3v) is 9.19. The van der Waals surface area contributed by atoms with Crippen molar-refractivity contribution in [2.75, 3.05) is 0 Å². The molecular weight excluding hydrogens is 550 g/mol.